The van der Waals surface area contributed by atoms with Crippen LogP contribution in [0.15, 0.2) is 30.3 Å². The molecule has 2 aromatic carbocycles. The van der Waals surface area contributed by atoms with Crippen molar-refractivity contribution in [1.82, 2.24) is 0 Å². The fourth-order valence-electron chi connectivity index (χ4n) is 3.60. The average Bonchev–Trinajstić information content (AvgIpc) is 2.72. The largest absolute Gasteiger partial charge is 0.493 e. The van der Waals surface area contributed by atoms with E-state index in [0.717, 1.165) is 19.3 Å². The summed E-state index contributed by atoms with van der Waals surface area (Å²) in [6.45, 7) is 6.93. The van der Waals surface area contributed by atoms with Crippen LogP contribution in [0.4, 0.5) is 4.39 Å². The number of hydrogen-bond acceptors (Lipinski definition) is 3. The van der Waals surface area contributed by atoms with Gasteiger partial charge in [0, 0.05) is 5.56 Å². The molecule has 0 aromatic heterocycles. The third-order valence-electron chi connectivity index (χ3n) is 5.45. The smallest absolute Gasteiger partial charge is 0.197 e. The van der Waals surface area contributed by atoms with Crippen LogP contribution in [0.1, 0.15) is 66.1 Å². The molecule has 2 rings (SSSR count). The molecule has 0 aliphatic heterocycles. The summed E-state index contributed by atoms with van der Waals surface area (Å²) in [7, 11) is 1.44. The molecule has 0 fully saturated rings. The first-order chi connectivity index (χ1) is 14.0. The van der Waals surface area contributed by atoms with E-state index in [1.165, 1.54) is 55.2 Å². The van der Waals surface area contributed by atoms with E-state index in [4.69, 9.17) is 9.47 Å². The number of aryl methyl sites for hydroxylation is 2. The SMILES string of the molecule is CCCC[C@@H](CCCOc1c(F)cc(C=O)cc1OC)Cc1ccc(C)c(C)c1. The van der Waals surface area contributed by atoms with Crippen LogP contribution in [-0.2, 0) is 6.42 Å². The van der Waals surface area contributed by atoms with E-state index < -0.39 is 5.82 Å². The summed E-state index contributed by atoms with van der Waals surface area (Å²) in [5.74, 6) is 0.357. The molecule has 3 nitrogen and oxygen atoms in total. The van der Waals surface area contributed by atoms with Gasteiger partial charge in [-0.05, 0) is 67.9 Å². The van der Waals surface area contributed by atoms with Gasteiger partial charge in [-0.2, -0.15) is 0 Å². The van der Waals surface area contributed by atoms with Gasteiger partial charge >= 0.3 is 0 Å². The van der Waals surface area contributed by atoms with Gasteiger partial charge in [-0.1, -0.05) is 44.4 Å². The Labute approximate surface area is 174 Å². The number of carbonyl (C=O) groups is 1. The number of benzene rings is 2. The van der Waals surface area contributed by atoms with Gasteiger partial charge in [0.15, 0.2) is 17.3 Å². The van der Waals surface area contributed by atoms with Crippen molar-refractivity contribution in [2.45, 2.75) is 59.3 Å². The predicted molar refractivity (Wildman–Crippen MR) is 116 cm³/mol. The summed E-state index contributed by atoms with van der Waals surface area (Å²) in [6.07, 6.45) is 7.13. The summed E-state index contributed by atoms with van der Waals surface area (Å²) >= 11 is 0. The molecule has 0 saturated carbocycles. The topological polar surface area (TPSA) is 35.5 Å². The van der Waals surface area contributed by atoms with E-state index >= 15 is 0 Å². The normalized spacial score (nSPS) is 11.9. The third kappa shape index (κ3) is 6.88. The van der Waals surface area contributed by atoms with Gasteiger partial charge in [0.25, 0.3) is 0 Å². The highest BCUT2D eigenvalue weighted by Gasteiger charge is 2.15. The maximum absolute atomic E-state index is 14.2. The van der Waals surface area contributed by atoms with Crippen molar-refractivity contribution in [2.24, 2.45) is 5.92 Å². The zero-order chi connectivity index (χ0) is 21.2. The van der Waals surface area contributed by atoms with Crippen molar-refractivity contribution in [3.63, 3.8) is 0 Å². The molecule has 0 amide bonds. The van der Waals surface area contributed by atoms with Crippen molar-refractivity contribution in [3.05, 3.63) is 58.4 Å². The number of methoxy groups -OCH3 is 1. The molecule has 0 heterocycles. The average molecular weight is 401 g/mol. The number of carbonyl (C=O) groups excluding carboxylic acids is 1. The van der Waals surface area contributed by atoms with Crippen molar-refractivity contribution in [2.75, 3.05) is 13.7 Å². The van der Waals surface area contributed by atoms with Crippen LogP contribution in [0.5, 0.6) is 11.5 Å². The third-order valence-corrected chi connectivity index (χ3v) is 5.45. The Balaban J connectivity index is 1.94. The fraction of sp³-hybridized carbons (Fsp3) is 0.480. The zero-order valence-corrected chi connectivity index (χ0v) is 18.1. The lowest BCUT2D eigenvalue weighted by Gasteiger charge is -2.18. The number of rotatable bonds is 12. The summed E-state index contributed by atoms with van der Waals surface area (Å²) in [5, 5.41) is 0. The van der Waals surface area contributed by atoms with Crippen molar-refractivity contribution >= 4 is 6.29 Å². The lowest BCUT2D eigenvalue weighted by Crippen LogP contribution is -2.09. The molecule has 0 aliphatic carbocycles. The van der Waals surface area contributed by atoms with Crippen LogP contribution in [0, 0.1) is 25.6 Å². The summed E-state index contributed by atoms with van der Waals surface area (Å²) in [5.41, 5.74) is 4.28. The first kappa shape index (κ1) is 22.9. The van der Waals surface area contributed by atoms with E-state index in [-0.39, 0.29) is 17.1 Å². The van der Waals surface area contributed by atoms with Crippen LogP contribution in [0.25, 0.3) is 0 Å². The quantitative estimate of drug-likeness (QED) is 0.302. The molecule has 0 spiro atoms. The van der Waals surface area contributed by atoms with Crippen molar-refractivity contribution in [1.29, 1.82) is 0 Å². The molecule has 0 bridgehead atoms. The van der Waals surface area contributed by atoms with Crippen molar-refractivity contribution < 1.29 is 18.7 Å². The van der Waals surface area contributed by atoms with Gasteiger partial charge < -0.3 is 9.47 Å². The Morgan fingerprint density at radius 3 is 2.48 bits per heavy atom. The fourth-order valence-corrected chi connectivity index (χ4v) is 3.60. The number of halogens is 1. The van der Waals surface area contributed by atoms with E-state index in [1.807, 2.05) is 0 Å². The Hall–Kier alpha value is -2.36. The second kappa shape index (κ2) is 11.6. The Morgan fingerprint density at radius 1 is 1.07 bits per heavy atom. The maximum Gasteiger partial charge on any atom is 0.197 e. The van der Waals surface area contributed by atoms with Gasteiger partial charge in [-0.15, -0.1) is 0 Å². The molecule has 2 aromatic rings. The summed E-state index contributed by atoms with van der Waals surface area (Å²) in [4.78, 5) is 10.9. The molecular weight excluding hydrogens is 367 g/mol. The van der Waals surface area contributed by atoms with E-state index in [2.05, 4.69) is 39.0 Å². The molecule has 0 unspecified atom stereocenters. The number of ether oxygens (including phenoxy) is 2. The molecule has 158 valence electrons. The van der Waals surface area contributed by atoms with Gasteiger partial charge in [0.1, 0.15) is 6.29 Å². The molecule has 0 radical (unpaired) electrons. The summed E-state index contributed by atoms with van der Waals surface area (Å²) in [6, 6.07) is 9.39. The maximum atomic E-state index is 14.2. The van der Waals surface area contributed by atoms with Gasteiger partial charge in [-0.25, -0.2) is 4.39 Å². The van der Waals surface area contributed by atoms with Crippen LogP contribution >= 0.6 is 0 Å². The number of aldehydes is 1. The Kier molecular flexibility index (Phi) is 9.17. The molecule has 0 saturated heterocycles. The standard InChI is InChI=1S/C25H33FO3/c1-5-6-8-20(14-21-11-10-18(2)19(3)13-21)9-7-12-29-25-23(26)15-22(17-27)16-24(25)28-4/h10-11,13,15-17,20H,5-9,12,14H2,1-4H3/t20-/m0/s1. The minimum absolute atomic E-state index is 0.0809. The lowest BCUT2D eigenvalue weighted by atomic mass is 9.89. The molecule has 1 atom stereocenters. The van der Waals surface area contributed by atoms with Gasteiger partial charge in [0.05, 0.1) is 13.7 Å². The van der Waals surface area contributed by atoms with Crippen LogP contribution in [0.3, 0.4) is 0 Å². The van der Waals surface area contributed by atoms with Crippen LogP contribution in [0.2, 0.25) is 0 Å². The van der Waals surface area contributed by atoms with Gasteiger partial charge in [0.2, 0.25) is 0 Å². The molecular formula is C25H33FO3. The molecule has 0 aliphatic rings. The highest BCUT2D eigenvalue weighted by Crippen LogP contribution is 2.32. The van der Waals surface area contributed by atoms with E-state index in [0.29, 0.717) is 18.8 Å². The van der Waals surface area contributed by atoms with E-state index in [1.54, 1.807) is 0 Å². The summed E-state index contributed by atoms with van der Waals surface area (Å²) < 4.78 is 25.1. The number of unbranched alkanes of at least 4 members (excludes halogenated alkanes) is 1. The van der Waals surface area contributed by atoms with Crippen LogP contribution in [-0.4, -0.2) is 20.0 Å². The lowest BCUT2D eigenvalue weighted by molar-refractivity contribution is 0.112. The molecule has 29 heavy (non-hydrogen) atoms. The Bertz CT molecular complexity index is 801. The highest BCUT2D eigenvalue weighted by molar-refractivity contribution is 5.76. The second-order valence-corrected chi connectivity index (χ2v) is 7.77. The van der Waals surface area contributed by atoms with Crippen molar-refractivity contribution in [3.8, 4) is 11.5 Å². The minimum atomic E-state index is -0.566. The monoisotopic (exact) mass is 400 g/mol. The highest BCUT2D eigenvalue weighted by atomic mass is 19.1. The number of hydrogen-bond donors (Lipinski definition) is 0. The minimum Gasteiger partial charge on any atom is -0.493 e. The van der Waals surface area contributed by atoms with Crippen LogP contribution < -0.4 is 9.47 Å². The first-order valence-corrected chi connectivity index (χ1v) is 10.5. The molecule has 4 heteroatoms. The Morgan fingerprint density at radius 2 is 1.83 bits per heavy atom. The molecule has 0 N–H and O–H groups in total. The predicted octanol–water partition coefficient (Wildman–Crippen LogP) is 6.47. The van der Waals surface area contributed by atoms with E-state index in [9.17, 15) is 9.18 Å². The first-order valence-electron chi connectivity index (χ1n) is 10.5. The zero-order valence-electron chi connectivity index (χ0n) is 18.1. The second-order valence-electron chi connectivity index (χ2n) is 7.77. The van der Waals surface area contributed by atoms with Gasteiger partial charge in [-0.3, -0.25) is 4.79 Å².